The Hall–Kier alpha value is -3.62. The van der Waals surface area contributed by atoms with E-state index in [4.69, 9.17) is 0 Å². The van der Waals surface area contributed by atoms with Crippen LogP contribution in [0, 0.1) is 0 Å². The molecule has 33 heavy (non-hydrogen) atoms. The highest BCUT2D eigenvalue weighted by Gasteiger charge is 2.13. The lowest BCUT2D eigenvalue weighted by Gasteiger charge is -2.26. The van der Waals surface area contributed by atoms with E-state index in [1.54, 1.807) is 6.08 Å². The van der Waals surface area contributed by atoms with Crippen molar-refractivity contribution in [3.05, 3.63) is 144 Å². The van der Waals surface area contributed by atoms with E-state index in [9.17, 15) is 0 Å². The number of hydrogen-bond donors (Lipinski definition) is 0. The predicted octanol–water partition coefficient (Wildman–Crippen LogP) is 9.73. The first-order valence-electron chi connectivity index (χ1n) is 11.0. The summed E-state index contributed by atoms with van der Waals surface area (Å²) < 4.78 is 1.06. The van der Waals surface area contributed by atoms with Crippen molar-refractivity contribution in [1.29, 1.82) is 0 Å². The summed E-state index contributed by atoms with van der Waals surface area (Å²) in [6.45, 7) is 5.83. The van der Waals surface area contributed by atoms with Gasteiger partial charge in [-0.3, -0.25) is 0 Å². The lowest BCUT2D eigenvalue weighted by molar-refractivity contribution is 1.28. The van der Waals surface area contributed by atoms with E-state index >= 15 is 0 Å². The fourth-order valence-electron chi connectivity index (χ4n) is 3.80. The Morgan fingerprint density at radius 3 is 1.76 bits per heavy atom. The molecular weight excluding hydrogens is 466 g/mol. The minimum Gasteiger partial charge on any atom is -0.311 e. The van der Waals surface area contributed by atoms with Crippen LogP contribution in [0.3, 0.4) is 0 Å². The molecule has 0 amide bonds. The highest BCUT2D eigenvalue weighted by molar-refractivity contribution is 9.10. The maximum absolute atomic E-state index is 3.77. The quantitative estimate of drug-likeness (QED) is 0.232. The average Bonchev–Trinajstić information content (AvgIpc) is 2.87. The van der Waals surface area contributed by atoms with Crippen LogP contribution in [0.1, 0.15) is 12.5 Å². The van der Waals surface area contributed by atoms with Gasteiger partial charge in [-0.25, -0.2) is 0 Å². The summed E-state index contributed by atoms with van der Waals surface area (Å²) in [5.74, 6) is 0. The monoisotopic (exact) mass is 491 g/mol. The lowest BCUT2D eigenvalue weighted by Crippen LogP contribution is -2.09. The number of allylic oxidation sites excluding steroid dienone is 5. The van der Waals surface area contributed by atoms with E-state index in [1.807, 2.05) is 12.1 Å². The van der Waals surface area contributed by atoms with Crippen LogP contribution in [-0.4, -0.2) is 0 Å². The van der Waals surface area contributed by atoms with Gasteiger partial charge in [-0.2, -0.15) is 0 Å². The maximum atomic E-state index is 3.77. The van der Waals surface area contributed by atoms with Gasteiger partial charge in [-0.05, 0) is 77.7 Å². The van der Waals surface area contributed by atoms with E-state index in [0.29, 0.717) is 0 Å². The standard InChI is InChI=1S/C31H26BrN/c1-3-5-9-24(4-2)26-12-18-29(19-13-26)33(31-22-16-28(32)17-23-31)30-20-14-27(15-21-30)25-10-7-6-8-11-25/h3-23H,1H2,2H3/b9-5-,24-4+. The topological polar surface area (TPSA) is 3.24 Å². The van der Waals surface area contributed by atoms with Crippen molar-refractivity contribution in [2.45, 2.75) is 6.92 Å². The minimum absolute atomic E-state index is 1.06. The second kappa shape index (κ2) is 10.8. The summed E-state index contributed by atoms with van der Waals surface area (Å²) in [6.07, 6.45) is 7.96. The van der Waals surface area contributed by atoms with Crippen molar-refractivity contribution in [1.82, 2.24) is 0 Å². The molecule has 0 saturated heterocycles. The fraction of sp³-hybridized carbons (Fsp3) is 0.0323. The molecule has 0 spiro atoms. The Morgan fingerprint density at radius 2 is 1.21 bits per heavy atom. The molecule has 0 saturated carbocycles. The van der Waals surface area contributed by atoms with E-state index in [1.165, 1.54) is 22.3 Å². The van der Waals surface area contributed by atoms with Crippen molar-refractivity contribution >= 4 is 38.6 Å². The molecule has 0 fully saturated rings. The molecule has 0 aliphatic rings. The molecule has 0 radical (unpaired) electrons. The van der Waals surface area contributed by atoms with Crippen LogP contribution in [0.2, 0.25) is 0 Å². The first-order chi connectivity index (χ1) is 16.2. The average molecular weight is 492 g/mol. The van der Waals surface area contributed by atoms with E-state index in [0.717, 1.165) is 21.5 Å². The molecule has 4 aromatic carbocycles. The number of anilines is 3. The normalized spacial score (nSPS) is 11.5. The summed E-state index contributed by atoms with van der Waals surface area (Å²) in [4.78, 5) is 2.28. The second-order valence-corrected chi connectivity index (χ2v) is 8.53. The van der Waals surface area contributed by atoms with Crippen molar-refractivity contribution in [2.24, 2.45) is 0 Å². The highest BCUT2D eigenvalue weighted by atomic mass is 79.9. The first kappa shape index (κ1) is 22.6. The van der Waals surface area contributed by atoms with Crippen LogP contribution in [0.5, 0.6) is 0 Å². The van der Waals surface area contributed by atoms with Crippen molar-refractivity contribution in [3.63, 3.8) is 0 Å². The Bertz CT molecular complexity index is 1250. The van der Waals surface area contributed by atoms with Crippen LogP contribution >= 0.6 is 15.9 Å². The minimum atomic E-state index is 1.06. The van der Waals surface area contributed by atoms with Gasteiger partial charge < -0.3 is 4.90 Å². The molecule has 0 bridgehead atoms. The van der Waals surface area contributed by atoms with Gasteiger partial charge in [0, 0.05) is 21.5 Å². The highest BCUT2D eigenvalue weighted by Crippen LogP contribution is 2.36. The van der Waals surface area contributed by atoms with Gasteiger partial charge >= 0.3 is 0 Å². The van der Waals surface area contributed by atoms with Gasteiger partial charge in [0.05, 0.1) is 0 Å². The Kier molecular flexibility index (Phi) is 7.39. The maximum Gasteiger partial charge on any atom is 0.0462 e. The van der Waals surface area contributed by atoms with E-state index in [2.05, 4.69) is 144 Å². The summed E-state index contributed by atoms with van der Waals surface area (Å²) in [5, 5.41) is 0. The fourth-order valence-corrected chi connectivity index (χ4v) is 4.07. The molecule has 4 rings (SSSR count). The molecule has 0 atom stereocenters. The molecule has 2 heteroatoms. The van der Waals surface area contributed by atoms with Crippen molar-refractivity contribution in [3.8, 4) is 11.1 Å². The van der Waals surface area contributed by atoms with Gasteiger partial charge in [-0.1, -0.05) is 101 Å². The van der Waals surface area contributed by atoms with Crippen molar-refractivity contribution < 1.29 is 0 Å². The Labute approximate surface area is 205 Å². The number of halogens is 1. The van der Waals surface area contributed by atoms with E-state index in [-0.39, 0.29) is 0 Å². The van der Waals surface area contributed by atoms with Gasteiger partial charge in [-0.15, -0.1) is 0 Å². The molecule has 0 heterocycles. The second-order valence-electron chi connectivity index (χ2n) is 7.61. The third-order valence-electron chi connectivity index (χ3n) is 5.50. The lowest BCUT2D eigenvalue weighted by atomic mass is 10.0. The molecule has 1 nitrogen and oxygen atoms in total. The number of benzene rings is 4. The Morgan fingerprint density at radius 1 is 0.697 bits per heavy atom. The number of hydrogen-bond acceptors (Lipinski definition) is 1. The summed E-state index contributed by atoms with van der Waals surface area (Å²) >= 11 is 3.56. The van der Waals surface area contributed by atoms with Crippen LogP contribution in [0.25, 0.3) is 16.7 Å². The van der Waals surface area contributed by atoms with E-state index < -0.39 is 0 Å². The molecule has 0 unspecified atom stereocenters. The summed E-state index contributed by atoms with van der Waals surface area (Å²) in [5.41, 5.74) is 8.10. The molecule has 162 valence electrons. The molecule has 0 N–H and O–H groups in total. The van der Waals surface area contributed by atoms with Crippen LogP contribution in [0.4, 0.5) is 17.1 Å². The zero-order valence-electron chi connectivity index (χ0n) is 18.7. The Balaban J connectivity index is 1.72. The summed E-state index contributed by atoms with van der Waals surface area (Å²) in [7, 11) is 0. The zero-order chi connectivity index (χ0) is 23.0. The predicted molar refractivity (Wildman–Crippen MR) is 147 cm³/mol. The smallest absolute Gasteiger partial charge is 0.0462 e. The molecule has 0 aliphatic carbocycles. The third kappa shape index (κ3) is 5.42. The molecule has 0 aromatic heterocycles. The first-order valence-corrected chi connectivity index (χ1v) is 11.8. The van der Waals surface area contributed by atoms with Gasteiger partial charge in [0.2, 0.25) is 0 Å². The zero-order valence-corrected chi connectivity index (χ0v) is 20.2. The van der Waals surface area contributed by atoms with Crippen LogP contribution < -0.4 is 4.90 Å². The van der Waals surface area contributed by atoms with Crippen LogP contribution in [-0.2, 0) is 0 Å². The summed E-state index contributed by atoms with van der Waals surface area (Å²) in [6, 6.07) is 36.3. The number of rotatable bonds is 7. The number of nitrogens with zero attached hydrogens (tertiary/aromatic N) is 1. The SMILES string of the molecule is C=C/C=C\C(=C/C)c1ccc(N(c2ccc(Br)cc2)c2ccc(-c3ccccc3)cc2)cc1. The molecule has 0 aliphatic heterocycles. The van der Waals surface area contributed by atoms with Crippen LogP contribution in [0.15, 0.2) is 138 Å². The van der Waals surface area contributed by atoms with Gasteiger partial charge in [0.15, 0.2) is 0 Å². The third-order valence-corrected chi connectivity index (χ3v) is 6.03. The largest absolute Gasteiger partial charge is 0.311 e. The molecular formula is C31H26BrN. The van der Waals surface area contributed by atoms with Gasteiger partial charge in [0.1, 0.15) is 0 Å². The van der Waals surface area contributed by atoms with Gasteiger partial charge in [0.25, 0.3) is 0 Å². The van der Waals surface area contributed by atoms with Crippen molar-refractivity contribution in [2.75, 3.05) is 4.90 Å². The molecule has 4 aromatic rings.